The molecule has 3 rings (SSSR count). The van der Waals surface area contributed by atoms with Crippen LogP contribution in [-0.2, 0) is 17.6 Å². The number of oxazole rings is 1. The van der Waals surface area contributed by atoms with Gasteiger partial charge in [0.15, 0.2) is 0 Å². The maximum atomic E-state index is 13.4. The molecule has 0 unspecified atom stereocenters. The second-order valence-corrected chi connectivity index (χ2v) is 6.59. The van der Waals surface area contributed by atoms with Crippen molar-refractivity contribution in [2.24, 2.45) is 0 Å². The van der Waals surface area contributed by atoms with E-state index in [0.717, 1.165) is 11.3 Å². The zero-order chi connectivity index (χ0) is 20.1. The summed E-state index contributed by atoms with van der Waals surface area (Å²) in [4.78, 5) is 18.7. The number of halogens is 1. The number of likely N-dealkylation sites (N-methyl/N-ethyl adjacent to an activating group) is 1. The summed E-state index contributed by atoms with van der Waals surface area (Å²) in [5.41, 5.74) is 2.16. The predicted molar refractivity (Wildman–Crippen MR) is 105 cm³/mol. The number of amides is 1. The van der Waals surface area contributed by atoms with E-state index in [4.69, 9.17) is 9.15 Å². The summed E-state index contributed by atoms with van der Waals surface area (Å²) in [7, 11) is 3.40. The van der Waals surface area contributed by atoms with E-state index in [1.54, 1.807) is 38.1 Å². The number of ether oxygens (including phenoxy) is 1. The van der Waals surface area contributed by atoms with E-state index in [2.05, 4.69) is 4.98 Å². The predicted octanol–water partition coefficient (Wildman–Crippen LogP) is 4.04. The molecule has 1 amide bonds. The van der Waals surface area contributed by atoms with Crippen LogP contribution < -0.4 is 4.74 Å². The third-order valence-electron chi connectivity index (χ3n) is 4.62. The van der Waals surface area contributed by atoms with Crippen molar-refractivity contribution in [1.82, 2.24) is 9.88 Å². The first kappa shape index (κ1) is 19.6. The summed E-state index contributed by atoms with van der Waals surface area (Å²) in [6.07, 6.45) is 0.825. The van der Waals surface area contributed by atoms with Gasteiger partial charge >= 0.3 is 0 Å². The van der Waals surface area contributed by atoms with Gasteiger partial charge < -0.3 is 14.1 Å². The number of para-hydroxylation sites is 1. The number of aromatic nitrogens is 1. The minimum Gasteiger partial charge on any atom is -0.496 e. The van der Waals surface area contributed by atoms with E-state index in [1.807, 2.05) is 24.3 Å². The molecule has 146 valence electrons. The van der Waals surface area contributed by atoms with Gasteiger partial charge in [0.05, 0.1) is 19.2 Å². The first-order valence-corrected chi connectivity index (χ1v) is 9.06. The lowest BCUT2D eigenvalue weighted by Crippen LogP contribution is -2.30. The normalized spacial score (nSPS) is 10.7. The highest BCUT2D eigenvalue weighted by molar-refractivity contribution is 5.78. The topological polar surface area (TPSA) is 55.6 Å². The lowest BCUT2D eigenvalue weighted by Gasteiger charge is -2.17. The fourth-order valence-corrected chi connectivity index (χ4v) is 2.94. The Morgan fingerprint density at radius 2 is 2.00 bits per heavy atom. The number of nitrogens with zero attached hydrogens (tertiary/aromatic N) is 2. The van der Waals surface area contributed by atoms with Gasteiger partial charge in [-0.05, 0) is 43.2 Å². The van der Waals surface area contributed by atoms with Crippen molar-refractivity contribution in [3.8, 4) is 17.2 Å². The molecule has 6 heteroatoms. The quantitative estimate of drug-likeness (QED) is 0.619. The van der Waals surface area contributed by atoms with E-state index in [0.29, 0.717) is 35.9 Å². The van der Waals surface area contributed by atoms with Gasteiger partial charge in [-0.15, -0.1) is 0 Å². The molecule has 0 spiro atoms. The number of benzene rings is 2. The van der Waals surface area contributed by atoms with E-state index >= 15 is 0 Å². The molecule has 0 fully saturated rings. The lowest BCUT2D eigenvalue weighted by molar-refractivity contribution is -0.129. The Morgan fingerprint density at radius 3 is 2.75 bits per heavy atom. The molecule has 0 atom stereocenters. The van der Waals surface area contributed by atoms with Crippen LogP contribution in [0.1, 0.15) is 17.0 Å². The van der Waals surface area contributed by atoms with Crippen molar-refractivity contribution in [2.75, 3.05) is 20.7 Å². The minimum absolute atomic E-state index is 0.0582. The van der Waals surface area contributed by atoms with Crippen LogP contribution in [0.3, 0.4) is 0 Å². The Bertz CT molecular complexity index is 968. The van der Waals surface area contributed by atoms with Crippen LogP contribution >= 0.6 is 0 Å². The summed E-state index contributed by atoms with van der Waals surface area (Å²) >= 11 is 0. The van der Waals surface area contributed by atoms with Gasteiger partial charge in [0.25, 0.3) is 0 Å². The minimum atomic E-state index is -0.359. The highest BCUT2D eigenvalue weighted by Crippen LogP contribution is 2.23. The molecule has 0 aliphatic carbocycles. The number of hydrogen-bond acceptors (Lipinski definition) is 4. The van der Waals surface area contributed by atoms with Gasteiger partial charge in [-0.2, -0.15) is 0 Å². The van der Waals surface area contributed by atoms with Gasteiger partial charge in [-0.3, -0.25) is 4.79 Å². The zero-order valence-corrected chi connectivity index (χ0v) is 16.2. The van der Waals surface area contributed by atoms with Crippen molar-refractivity contribution in [2.45, 2.75) is 19.8 Å². The molecule has 1 heterocycles. The molecule has 3 aromatic rings. The Kier molecular flexibility index (Phi) is 6.09. The van der Waals surface area contributed by atoms with Crippen molar-refractivity contribution in [3.63, 3.8) is 0 Å². The second-order valence-electron chi connectivity index (χ2n) is 6.59. The summed E-state index contributed by atoms with van der Waals surface area (Å²) in [6, 6.07) is 13.8. The SMILES string of the molecule is COc1ccccc1CCN(C)C(=O)Cc1nc(-c2cccc(F)c2)oc1C. The highest BCUT2D eigenvalue weighted by atomic mass is 19.1. The fraction of sp³-hybridized carbons (Fsp3) is 0.273. The van der Waals surface area contributed by atoms with Gasteiger partial charge in [0.1, 0.15) is 17.3 Å². The molecular weight excluding hydrogens is 359 g/mol. The maximum Gasteiger partial charge on any atom is 0.228 e. The molecule has 0 N–H and O–H groups in total. The molecule has 2 aromatic carbocycles. The van der Waals surface area contributed by atoms with Crippen molar-refractivity contribution in [1.29, 1.82) is 0 Å². The van der Waals surface area contributed by atoms with E-state index in [-0.39, 0.29) is 18.1 Å². The summed E-state index contributed by atoms with van der Waals surface area (Å²) in [6.45, 7) is 2.32. The van der Waals surface area contributed by atoms with Crippen LogP contribution in [0, 0.1) is 12.7 Å². The molecular formula is C22H23FN2O3. The van der Waals surface area contributed by atoms with Crippen LogP contribution in [0.15, 0.2) is 52.9 Å². The molecule has 1 aromatic heterocycles. The van der Waals surface area contributed by atoms with Crippen LogP contribution in [-0.4, -0.2) is 36.5 Å². The third-order valence-corrected chi connectivity index (χ3v) is 4.62. The Morgan fingerprint density at radius 1 is 1.21 bits per heavy atom. The van der Waals surface area contributed by atoms with Gasteiger partial charge in [-0.25, -0.2) is 9.37 Å². The Balaban J connectivity index is 1.64. The van der Waals surface area contributed by atoms with Crippen molar-refractivity contribution in [3.05, 3.63) is 71.4 Å². The fourth-order valence-electron chi connectivity index (χ4n) is 2.94. The molecule has 0 aliphatic heterocycles. The number of aryl methyl sites for hydroxylation is 1. The summed E-state index contributed by atoms with van der Waals surface area (Å²) in [5.74, 6) is 1.27. The summed E-state index contributed by atoms with van der Waals surface area (Å²) in [5, 5.41) is 0. The highest BCUT2D eigenvalue weighted by Gasteiger charge is 2.17. The molecule has 0 radical (unpaired) electrons. The molecule has 0 saturated carbocycles. The number of carbonyl (C=O) groups excluding carboxylic acids is 1. The smallest absolute Gasteiger partial charge is 0.228 e. The monoisotopic (exact) mass is 382 g/mol. The lowest BCUT2D eigenvalue weighted by atomic mass is 10.1. The molecule has 28 heavy (non-hydrogen) atoms. The molecule has 0 saturated heterocycles. The first-order valence-electron chi connectivity index (χ1n) is 9.06. The maximum absolute atomic E-state index is 13.4. The van der Waals surface area contributed by atoms with E-state index in [1.165, 1.54) is 12.1 Å². The van der Waals surface area contributed by atoms with E-state index < -0.39 is 0 Å². The Hall–Kier alpha value is -3.15. The number of carbonyl (C=O) groups is 1. The molecule has 5 nitrogen and oxygen atoms in total. The number of rotatable bonds is 7. The third kappa shape index (κ3) is 4.57. The second kappa shape index (κ2) is 8.69. The average Bonchev–Trinajstić information content (AvgIpc) is 3.06. The number of hydrogen-bond donors (Lipinski definition) is 0. The van der Waals surface area contributed by atoms with Crippen LogP contribution in [0.4, 0.5) is 4.39 Å². The van der Waals surface area contributed by atoms with E-state index in [9.17, 15) is 9.18 Å². The Labute approximate surface area is 163 Å². The van der Waals surface area contributed by atoms with Crippen molar-refractivity contribution < 1.29 is 18.3 Å². The van der Waals surface area contributed by atoms with Crippen LogP contribution in [0.2, 0.25) is 0 Å². The van der Waals surface area contributed by atoms with Gasteiger partial charge in [0, 0.05) is 19.2 Å². The summed E-state index contributed by atoms with van der Waals surface area (Å²) < 4.78 is 24.4. The van der Waals surface area contributed by atoms with Crippen LogP contribution in [0.5, 0.6) is 5.75 Å². The first-order chi connectivity index (χ1) is 13.5. The number of methoxy groups -OCH3 is 1. The van der Waals surface area contributed by atoms with Crippen molar-refractivity contribution >= 4 is 5.91 Å². The van der Waals surface area contributed by atoms with Crippen LogP contribution in [0.25, 0.3) is 11.5 Å². The zero-order valence-electron chi connectivity index (χ0n) is 16.2. The standard InChI is InChI=1S/C22H23FN2O3/c1-15-19(24-22(28-15)17-8-6-9-18(23)13-17)14-21(26)25(2)12-11-16-7-4-5-10-20(16)27-3/h4-10,13H,11-12,14H2,1-3H3. The van der Waals surface area contributed by atoms with Gasteiger partial charge in [0.2, 0.25) is 11.8 Å². The molecule has 0 bridgehead atoms. The average molecular weight is 382 g/mol. The largest absolute Gasteiger partial charge is 0.496 e. The molecule has 0 aliphatic rings. The van der Waals surface area contributed by atoms with Gasteiger partial charge in [-0.1, -0.05) is 24.3 Å².